The van der Waals surface area contributed by atoms with Crippen LogP contribution in [0.4, 0.5) is 0 Å². The summed E-state index contributed by atoms with van der Waals surface area (Å²) < 4.78 is 0. The molecule has 3 rings (SSSR count). The maximum Gasteiger partial charge on any atom is -0.0103 e. The zero-order valence-electron chi connectivity index (χ0n) is 15.6. The van der Waals surface area contributed by atoms with E-state index >= 15 is 0 Å². The average molecular weight is 296 g/mol. The van der Waals surface area contributed by atoms with Crippen molar-refractivity contribution in [1.29, 1.82) is 0 Å². The number of fused-ring (bicyclic) bond motifs is 3. The number of benzene rings is 3. The Morgan fingerprint density at radius 3 is 1.68 bits per heavy atom. The van der Waals surface area contributed by atoms with E-state index in [9.17, 15) is 0 Å². The second-order valence-corrected chi connectivity index (χ2v) is 4.46. The molecule has 0 heteroatoms. The van der Waals surface area contributed by atoms with E-state index in [1.165, 1.54) is 32.7 Å². The molecule has 120 valence electrons. The van der Waals surface area contributed by atoms with Gasteiger partial charge in [-0.15, -0.1) is 0 Å². The second-order valence-electron chi connectivity index (χ2n) is 4.46. The van der Waals surface area contributed by atoms with E-state index in [4.69, 9.17) is 0 Å². The summed E-state index contributed by atoms with van der Waals surface area (Å²) >= 11 is 0. The molecule has 0 aliphatic carbocycles. The minimum Gasteiger partial charge on any atom is -0.0683 e. The maximum absolute atomic E-state index is 2.28. The van der Waals surface area contributed by atoms with E-state index in [-0.39, 0.29) is 0 Å². The Balaban J connectivity index is 0.000000661. The van der Waals surface area contributed by atoms with Crippen LogP contribution in [0.1, 0.15) is 52.7 Å². The Labute approximate surface area is 137 Å². The van der Waals surface area contributed by atoms with E-state index in [0.717, 1.165) is 0 Å². The summed E-state index contributed by atoms with van der Waals surface area (Å²) in [6, 6.07) is 17.6. The van der Waals surface area contributed by atoms with Crippen LogP contribution in [-0.2, 0) is 0 Å². The lowest BCUT2D eigenvalue weighted by atomic mass is 9.97. The summed E-state index contributed by atoms with van der Waals surface area (Å²) in [4.78, 5) is 0. The highest BCUT2D eigenvalue weighted by atomic mass is 14.1. The van der Waals surface area contributed by atoms with E-state index in [2.05, 4.69) is 62.4 Å². The largest absolute Gasteiger partial charge is 0.0683 e. The third-order valence-corrected chi connectivity index (χ3v) is 3.22. The molecule has 0 aliphatic rings. The summed E-state index contributed by atoms with van der Waals surface area (Å²) in [6.07, 6.45) is 0. The number of aryl methyl sites for hydroxylation is 2. The summed E-state index contributed by atoms with van der Waals surface area (Å²) in [5, 5.41) is 5.42. The van der Waals surface area contributed by atoms with Gasteiger partial charge in [-0.3, -0.25) is 0 Å². The third kappa shape index (κ3) is 4.59. The normalized spacial score (nSPS) is 8.91. The summed E-state index contributed by atoms with van der Waals surface area (Å²) in [5.41, 5.74) is 2.68. The Kier molecular flexibility index (Phi) is 9.95. The molecular weight excluding hydrogens is 264 g/mol. The van der Waals surface area contributed by atoms with Gasteiger partial charge < -0.3 is 0 Å². The summed E-state index contributed by atoms with van der Waals surface area (Å²) in [6.45, 7) is 16.3. The molecule has 0 spiro atoms. The van der Waals surface area contributed by atoms with Crippen molar-refractivity contribution < 1.29 is 0 Å². The molecule has 0 bridgehead atoms. The Morgan fingerprint density at radius 2 is 1.09 bits per heavy atom. The number of hydrogen-bond donors (Lipinski definition) is 0. The Hall–Kier alpha value is -1.82. The quantitative estimate of drug-likeness (QED) is 0.373. The predicted octanol–water partition coefficient (Wildman–Crippen LogP) is 7.69. The van der Waals surface area contributed by atoms with Gasteiger partial charge in [-0.1, -0.05) is 95.6 Å². The molecule has 0 saturated carbocycles. The second kappa shape index (κ2) is 10.8. The van der Waals surface area contributed by atoms with Crippen LogP contribution in [0, 0.1) is 13.8 Å². The highest BCUT2D eigenvalue weighted by Gasteiger charge is 2.02. The summed E-state index contributed by atoms with van der Waals surface area (Å²) in [5.74, 6) is 0. The van der Waals surface area contributed by atoms with Gasteiger partial charge >= 0.3 is 0 Å². The van der Waals surface area contributed by atoms with Crippen LogP contribution < -0.4 is 0 Å². The smallest absolute Gasteiger partial charge is 0.0103 e. The molecule has 0 nitrogen and oxygen atoms in total. The van der Waals surface area contributed by atoms with Crippen LogP contribution in [0.3, 0.4) is 0 Å². The molecule has 0 amide bonds. The molecule has 0 heterocycles. The fourth-order valence-corrected chi connectivity index (χ4v) is 2.42. The zero-order chi connectivity index (χ0) is 17.1. The van der Waals surface area contributed by atoms with Gasteiger partial charge in [0.1, 0.15) is 0 Å². The molecule has 0 aromatic heterocycles. The molecule has 0 fully saturated rings. The van der Waals surface area contributed by atoms with E-state index in [1.54, 1.807) is 0 Å². The van der Waals surface area contributed by atoms with Gasteiger partial charge in [-0.2, -0.15) is 0 Å². The lowest BCUT2D eigenvalue weighted by molar-refractivity contribution is 1.49. The van der Waals surface area contributed by atoms with Crippen LogP contribution >= 0.6 is 0 Å². The topological polar surface area (TPSA) is 0 Å². The SMILES string of the molecule is CC.CC.CC.Cc1ccc2c(c1)cc(C)c1ccccc12. The van der Waals surface area contributed by atoms with Crippen molar-refractivity contribution in [3.8, 4) is 0 Å². The third-order valence-electron chi connectivity index (χ3n) is 3.22. The van der Waals surface area contributed by atoms with Crippen LogP contribution in [0.15, 0.2) is 48.5 Å². The molecule has 0 radical (unpaired) electrons. The molecular formula is C22H32. The van der Waals surface area contributed by atoms with Crippen molar-refractivity contribution in [3.63, 3.8) is 0 Å². The van der Waals surface area contributed by atoms with E-state index < -0.39 is 0 Å². The molecule has 0 atom stereocenters. The minimum absolute atomic E-state index is 1.32. The molecule has 0 N–H and O–H groups in total. The Morgan fingerprint density at radius 1 is 0.545 bits per heavy atom. The van der Waals surface area contributed by atoms with Crippen molar-refractivity contribution in [3.05, 3.63) is 59.7 Å². The molecule has 3 aromatic carbocycles. The van der Waals surface area contributed by atoms with Gasteiger partial charge in [-0.05, 0) is 41.0 Å². The molecule has 0 unspecified atom stereocenters. The lowest BCUT2D eigenvalue weighted by Crippen LogP contribution is -1.82. The van der Waals surface area contributed by atoms with Crippen molar-refractivity contribution in [2.75, 3.05) is 0 Å². The fourth-order valence-electron chi connectivity index (χ4n) is 2.42. The van der Waals surface area contributed by atoms with Gasteiger partial charge in [0.05, 0.1) is 0 Å². The summed E-state index contributed by atoms with van der Waals surface area (Å²) in [7, 11) is 0. The zero-order valence-corrected chi connectivity index (χ0v) is 15.6. The molecule has 0 aliphatic heterocycles. The monoisotopic (exact) mass is 296 g/mol. The van der Waals surface area contributed by atoms with Crippen LogP contribution in [0.2, 0.25) is 0 Å². The van der Waals surface area contributed by atoms with Crippen molar-refractivity contribution in [2.24, 2.45) is 0 Å². The number of hydrogen-bond acceptors (Lipinski definition) is 0. The van der Waals surface area contributed by atoms with E-state index in [1.807, 2.05) is 41.5 Å². The lowest BCUT2D eigenvalue weighted by Gasteiger charge is -2.07. The van der Waals surface area contributed by atoms with Crippen LogP contribution in [-0.4, -0.2) is 0 Å². The molecule has 0 saturated heterocycles. The first-order chi connectivity index (χ1) is 10.8. The average Bonchev–Trinajstić information content (AvgIpc) is 2.60. The van der Waals surface area contributed by atoms with Crippen molar-refractivity contribution in [1.82, 2.24) is 0 Å². The van der Waals surface area contributed by atoms with Gasteiger partial charge in [0, 0.05) is 0 Å². The maximum atomic E-state index is 2.28. The number of rotatable bonds is 0. The van der Waals surface area contributed by atoms with Crippen molar-refractivity contribution in [2.45, 2.75) is 55.4 Å². The van der Waals surface area contributed by atoms with Gasteiger partial charge in [0.25, 0.3) is 0 Å². The van der Waals surface area contributed by atoms with E-state index in [0.29, 0.717) is 0 Å². The molecule has 3 aromatic rings. The first kappa shape index (κ1) is 20.2. The predicted molar refractivity (Wildman–Crippen MR) is 105 cm³/mol. The first-order valence-corrected chi connectivity index (χ1v) is 8.64. The highest BCUT2D eigenvalue weighted by Crippen LogP contribution is 2.28. The standard InChI is InChI=1S/C16H14.3C2H6/c1-11-7-8-15-13(9-11)10-12(2)14-5-3-4-6-16(14)15;3*1-2/h3-10H,1-2H3;3*1-2H3. The Bertz CT molecular complexity index is 678. The first-order valence-electron chi connectivity index (χ1n) is 8.64. The van der Waals surface area contributed by atoms with Crippen LogP contribution in [0.25, 0.3) is 21.5 Å². The van der Waals surface area contributed by atoms with Gasteiger partial charge in [0.2, 0.25) is 0 Å². The molecule has 22 heavy (non-hydrogen) atoms. The highest BCUT2D eigenvalue weighted by molar-refractivity contribution is 6.08. The van der Waals surface area contributed by atoms with Gasteiger partial charge in [-0.25, -0.2) is 0 Å². The van der Waals surface area contributed by atoms with Crippen LogP contribution in [0.5, 0.6) is 0 Å². The van der Waals surface area contributed by atoms with Crippen molar-refractivity contribution >= 4 is 21.5 Å². The fraction of sp³-hybridized carbons (Fsp3) is 0.364. The van der Waals surface area contributed by atoms with Gasteiger partial charge in [0.15, 0.2) is 0 Å². The minimum atomic E-state index is 1.32.